The molecule has 0 aliphatic rings. The molecule has 3 aromatic rings. The highest BCUT2D eigenvalue weighted by Gasteiger charge is 2.16. The molecule has 1 aromatic heterocycles. The van der Waals surface area contributed by atoms with Gasteiger partial charge in [-0.3, -0.25) is 4.79 Å². The number of ketones is 1. The van der Waals surface area contributed by atoms with E-state index in [1.165, 1.54) is 17.5 Å². The number of Topliss-reactive ketones (excluding diaryl/α,β-unsaturated/α-hetero) is 1. The zero-order valence-electron chi connectivity index (χ0n) is 15.0. The van der Waals surface area contributed by atoms with Crippen molar-refractivity contribution >= 4 is 5.78 Å². The third-order valence-electron chi connectivity index (χ3n) is 4.07. The lowest BCUT2D eigenvalue weighted by Gasteiger charge is -2.09. The quantitative estimate of drug-likeness (QED) is 0.608. The number of hydrogen-bond donors (Lipinski definition) is 0. The van der Waals surface area contributed by atoms with Crippen LogP contribution in [0.4, 0.5) is 0 Å². The average Bonchev–Trinajstić information content (AvgIpc) is 3.15. The summed E-state index contributed by atoms with van der Waals surface area (Å²) in [4.78, 5) is 13.9. The van der Waals surface area contributed by atoms with Crippen LogP contribution < -0.4 is 9.47 Å². The number of carbonyl (C=O) groups excluding carboxylic acids is 1. The van der Waals surface area contributed by atoms with Crippen LogP contribution in [0.3, 0.4) is 0 Å². The largest absolute Gasteiger partial charge is 0.497 e. The Labute approximate surface area is 151 Å². The lowest BCUT2D eigenvalue weighted by atomic mass is 10.1. The highest BCUT2D eigenvalue weighted by molar-refractivity contribution is 5.98. The number of benzene rings is 2. The molecule has 0 unspecified atom stereocenters. The minimum Gasteiger partial charge on any atom is -0.497 e. The van der Waals surface area contributed by atoms with Gasteiger partial charge in [-0.05, 0) is 35.4 Å². The number of ether oxygens (including phenoxy) is 2. The molecule has 0 bridgehead atoms. The third kappa shape index (κ3) is 3.72. The fourth-order valence-corrected chi connectivity index (χ4v) is 2.56. The van der Waals surface area contributed by atoms with Crippen molar-refractivity contribution < 1.29 is 14.3 Å². The molecule has 0 amide bonds. The number of nitrogens with zero attached hydrogens (tertiary/aromatic N) is 4. The molecule has 0 aliphatic carbocycles. The molecule has 0 saturated heterocycles. The van der Waals surface area contributed by atoms with Crippen molar-refractivity contribution in [1.82, 2.24) is 20.2 Å². The Morgan fingerprint density at radius 3 is 2.50 bits per heavy atom. The van der Waals surface area contributed by atoms with E-state index in [0.29, 0.717) is 22.9 Å². The lowest BCUT2D eigenvalue weighted by molar-refractivity contribution is 0.0958. The molecule has 3 rings (SSSR count). The highest BCUT2D eigenvalue weighted by atomic mass is 16.5. The molecule has 0 N–H and O–H groups in total. The van der Waals surface area contributed by atoms with Gasteiger partial charge in [0.2, 0.25) is 5.82 Å². The first-order valence-corrected chi connectivity index (χ1v) is 8.27. The molecular weight excluding hydrogens is 332 g/mol. The number of methoxy groups -OCH3 is 2. The zero-order chi connectivity index (χ0) is 18.5. The molecule has 0 atom stereocenters. The van der Waals surface area contributed by atoms with Gasteiger partial charge in [0.05, 0.1) is 19.8 Å². The summed E-state index contributed by atoms with van der Waals surface area (Å²) in [6, 6.07) is 13.0. The van der Waals surface area contributed by atoms with E-state index in [0.717, 1.165) is 12.0 Å². The fourth-order valence-electron chi connectivity index (χ4n) is 2.56. The van der Waals surface area contributed by atoms with Gasteiger partial charge in [-0.1, -0.05) is 31.2 Å². The van der Waals surface area contributed by atoms with Crippen molar-refractivity contribution in [1.29, 1.82) is 0 Å². The highest BCUT2D eigenvalue weighted by Crippen LogP contribution is 2.24. The van der Waals surface area contributed by atoms with Gasteiger partial charge in [0.25, 0.3) is 0 Å². The standard InChI is InChI=1S/C19H20N4O3/c1-4-13-5-7-14(8-6-13)19-20-22-23(21-19)12-17(24)16-11-15(25-2)9-10-18(16)26-3/h5-11H,4,12H2,1-3H3. The van der Waals surface area contributed by atoms with Gasteiger partial charge in [-0.15, -0.1) is 10.2 Å². The van der Waals surface area contributed by atoms with Crippen LogP contribution in [0.25, 0.3) is 11.4 Å². The maximum absolute atomic E-state index is 12.6. The van der Waals surface area contributed by atoms with E-state index in [2.05, 4.69) is 22.3 Å². The summed E-state index contributed by atoms with van der Waals surface area (Å²) < 4.78 is 10.4. The van der Waals surface area contributed by atoms with Crippen LogP contribution >= 0.6 is 0 Å². The average molecular weight is 352 g/mol. The number of aromatic nitrogens is 4. The van der Waals surface area contributed by atoms with Gasteiger partial charge < -0.3 is 9.47 Å². The van der Waals surface area contributed by atoms with Crippen LogP contribution in [0.15, 0.2) is 42.5 Å². The van der Waals surface area contributed by atoms with Gasteiger partial charge in [0, 0.05) is 5.56 Å². The summed E-state index contributed by atoms with van der Waals surface area (Å²) in [5, 5.41) is 12.3. The van der Waals surface area contributed by atoms with E-state index in [1.807, 2.05) is 24.3 Å². The summed E-state index contributed by atoms with van der Waals surface area (Å²) in [5.74, 6) is 1.35. The zero-order valence-corrected chi connectivity index (χ0v) is 15.0. The van der Waals surface area contributed by atoms with E-state index in [4.69, 9.17) is 9.47 Å². The predicted octanol–water partition coefficient (Wildman–Crippen LogP) is 2.80. The first-order valence-electron chi connectivity index (χ1n) is 8.27. The van der Waals surface area contributed by atoms with Gasteiger partial charge in [-0.2, -0.15) is 4.80 Å². The summed E-state index contributed by atoms with van der Waals surface area (Å²) in [6.07, 6.45) is 0.970. The topological polar surface area (TPSA) is 79.1 Å². The van der Waals surface area contributed by atoms with Crippen LogP contribution in [-0.2, 0) is 13.0 Å². The SMILES string of the molecule is CCc1ccc(-c2nnn(CC(=O)c3cc(OC)ccc3OC)n2)cc1. The molecule has 1 heterocycles. The number of carbonyl (C=O) groups is 1. The molecule has 134 valence electrons. The molecule has 2 aromatic carbocycles. The van der Waals surface area contributed by atoms with E-state index in [9.17, 15) is 4.79 Å². The molecule has 7 heteroatoms. The van der Waals surface area contributed by atoms with Crippen molar-refractivity contribution in [3.05, 3.63) is 53.6 Å². The Hall–Kier alpha value is -3.22. The summed E-state index contributed by atoms with van der Waals surface area (Å²) in [6.45, 7) is 2.06. The van der Waals surface area contributed by atoms with Crippen LogP contribution in [0, 0.1) is 0 Å². The van der Waals surface area contributed by atoms with Gasteiger partial charge in [-0.25, -0.2) is 0 Å². The second-order valence-corrected chi connectivity index (χ2v) is 5.68. The van der Waals surface area contributed by atoms with Crippen molar-refractivity contribution in [2.45, 2.75) is 19.9 Å². The maximum atomic E-state index is 12.6. The van der Waals surface area contributed by atoms with Gasteiger partial charge in [0.15, 0.2) is 5.78 Å². The number of tetrazole rings is 1. The summed E-state index contributed by atoms with van der Waals surface area (Å²) in [5.41, 5.74) is 2.51. The number of rotatable bonds is 7. The van der Waals surface area contributed by atoms with E-state index >= 15 is 0 Å². The van der Waals surface area contributed by atoms with E-state index in [-0.39, 0.29) is 12.3 Å². The van der Waals surface area contributed by atoms with Gasteiger partial charge in [0.1, 0.15) is 18.0 Å². The van der Waals surface area contributed by atoms with Crippen LogP contribution in [0.2, 0.25) is 0 Å². The molecule has 0 spiro atoms. The number of aryl methyl sites for hydroxylation is 1. The smallest absolute Gasteiger partial charge is 0.204 e. The van der Waals surface area contributed by atoms with Crippen LogP contribution in [0.1, 0.15) is 22.8 Å². The van der Waals surface area contributed by atoms with Crippen molar-refractivity contribution in [3.8, 4) is 22.9 Å². The molecule has 0 radical (unpaired) electrons. The Bertz CT molecular complexity index is 903. The first kappa shape index (κ1) is 17.6. The molecule has 0 saturated carbocycles. The minimum absolute atomic E-state index is 0.0381. The Kier molecular flexibility index (Phi) is 5.26. The Morgan fingerprint density at radius 1 is 1.08 bits per heavy atom. The normalized spacial score (nSPS) is 10.6. The van der Waals surface area contributed by atoms with Crippen molar-refractivity contribution in [2.24, 2.45) is 0 Å². The fraction of sp³-hybridized carbons (Fsp3) is 0.263. The predicted molar refractivity (Wildman–Crippen MR) is 96.5 cm³/mol. The van der Waals surface area contributed by atoms with E-state index < -0.39 is 0 Å². The monoisotopic (exact) mass is 352 g/mol. The molecule has 7 nitrogen and oxygen atoms in total. The first-order chi connectivity index (χ1) is 12.6. The Morgan fingerprint density at radius 2 is 1.85 bits per heavy atom. The number of hydrogen-bond acceptors (Lipinski definition) is 6. The Balaban J connectivity index is 1.79. The molecule has 26 heavy (non-hydrogen) atoms. The van der Waals surface area contributed by atoms with Crippen LogP contribution in [-0.4, -0.2) is 40.2 Å². The van der Waals surface area contributed by atoms with E-state index in [1.54, 1.807) is 25.3 Å². The lowest BCUT2D eigenvalue weighted by Crippen LogP contribution is -2.14. The third-order valence-corrected chi connectivity index (χ3v) is 4.07. The van der Waals surface area contributed by atoms with Crippen molar-refractivity contribution in [2.75, 3.05) is 14.2 Å². The second-order valence-electron chi connectivity index (χ2n) is 5.68. The van der Waals surface area contributed by atoms with Crippen molar-refractivity contribution in [3.63, 3.8) is 0 Å². The van der Waals surface area contributed by atoms with Crippen LogP contribution in [0.5, 0.6) is 11.5 Å². The van der Waals surface area contributed by atoms with Gasteiger partial charge >= 0.3 is 0 Å². The summed E-state index contributed by atoms with van der Waals surface area (Å²) >= 11 is 0. The molecule has 0 aliphatic heterocycles. The molecular formula is C19H20N4O3. The summed E-state index contributed by atoms with van der Waals surface area (Å²) in [7, 11) is 3.06. The maximum Gasteiger partial charge on any atom is 0.204 e. The molecule has 0 fully saturated rings. The second kappa shape index (κ2) is 7.77. The minimum atomic E-state index is -0.189.